The van der Waals surface area contributed by atoms with Gasteiger partial charge in [-0.1, -0.05) is 0 Å². The Morgan fingerprint density at radius 1 is 0.920 bits per heavy atom. The van der Waals surface area contributed by atoms with Crippen molar-refractivity contribution in [3.63, 3.8) is 0 Å². The third-order valence-corrected chi connectivity index (χ3v) is 3.97. The second-order valence-electron chi connectivity index (χ2n) is 5.65. The minimum absolute atomic E-state index is 0.594. The lowest BCUT2D eigenvalue weighted by molar-refractivity contribution is 1.10. The highest BCUT2D eigenvalue weighted by Crippen LogP contribution is 2.27. The van der Waals surface area contributed by atoms with Crippen LogP contribution < -0.4 is 5.73 Å². The number of rotatable bonds is 2. The molecule has 0 radical (unpaired) electrons. The van der Waals surface area contributed by atoms with Crippen molar-refractivity contribution in [3.05, 3.63) is 49.1 Å². The molecule has 0 fully saturated rings. The maximum atomic E-state index is 5.82. The summed E-state index contributed by atoms with van der Waals surface area (Å²) in [5.74, 6) is 0.643. The van der Waals surface area contributed by atoms with Crippen LogP contribution in [0.25, 0.3) is 44.8 Å². The highest BCUT2D eigenvalue weighted by Gasteiger charge is 2.15. The largest absolute Gasteiger partial charge is 0.397 e. The number of nitrogens with one attached hydrogen (secondary N) is 2. The zero-order valence-electron chi connectivity index (χ0n) is 12.9. The summed E-state index contributed by atoms with van der Waals surface area (Å²) >= 11 is 0. The Bertz CT molecular complexity index is 1190. The molecule has 8 heteroatoms. The summed E-state index contributed by atoms with van der Waals surface area (Å²) in [5, 5.41) is 7.36. The van der Waals surface area contributed by atoms with Gasteiger partial charge in [-0.3, -0.25) is 15.1 Å². The van der Waals surface area contributed by atoms with Crippen LogP contribution in [0.15, 0.2) is 49.1 Å². The summed E-state index contributed by atoms with van der Waals surface area (Å²) in [7, 11) is 0. The number of hydrogen-bond donors (Lipinski definition) is 3. The lowest BCUT2D eigenvalue weighted by Crippen LogP contribution is -1.90. The molecular formula is C17H12N8. The number of H-pyrrole nitrogens is 2. The minimum atomic E-state index is 0.594. The van der Waals surface area contributed by atoms with Crippen LogP contribution in [0.3, 0.4) is 0 Å². The Labute approximate surface area is 141 Å². The standard InChI is InChI=1S/C17H12N8/c18-10-5-9(6-20-7-10)11-1-2-13-15(21-11)16(25-24-13)17-22-12-3-4-19-8-14(12)23-17/h1-8H,18H2,(H,22,23)(H,24,25). The number of nitrogen functional groups attached to an aromatic ring is 1. The second kappa shape index (κ2) is 5.10. The number of aromatic nitrogens is 7. The van der Waals surface area contributed by atoms with E-state index in [0.717, 1.165) is 33.3 Å². The summed E-state index contributed by atoms with van der Waals surface area (Å²) in [4.78, 5) is 20.8. The van der Waals surface area contributed by atoms with Gasteiger partial charge in [0.05, 0.1) is 34.1 Å². The highest BCUT2D eigenvalue weighted by molar-refractivity contribution is 5.91. The van der Waals surface area contributed by atoms with Crippen molar-refractivity contribution in [2.45, 2.75) is 0 Å². The van der Waals surface area contributed by atoms with Crippen LogP contribution in [0.4, 0.5) is 5.69 Å². The molecule has 5 heterocycles. The monoisotopic (exact) mass is 328 g/mol. The van der Waals surface area contributed by atoms with E-state index in [0.29, 0.717) is 17.2 Å². The van der Waals surface area contributed by atoms with Crippen LogP contribution in [-0.2, 0) is 0 Å². The fourth-order valence-electron chi connectivity index (χ4n) is 2.79. The van der Waals surface area contributed by atoms with Crippen molar-refractivity contribution in [2.75, 3.05) is 5.73 Å². The first-order valence-electron chi connectivity index (χ1n) is 7.64. The van der Waals surface area contributed by atoms with Gasteiger partial charge < -0.3 is 10.7 Å². The first kappa shape index (κ1) is 13.6. The van der Waals surface area contributed by atoms with Gasteiger partial charge in [-0.05, 0) is 24.3 Å². The van der Waals surface area contributed by atoms with E-state index in [1.165, 1.54) is 0 Å². The predicted molar refractivity (Wildman–Crippen MR) is 94.4 cm³/mol. The molecule has 5 aromatic heterocycles. The van der Waals surface area contributed by atoms with Crippen molar-refractivity contribution >= 4 is 27.8 Å². The normalized spacial score (nSPS) is 11.4. The van der Waals surface area contributed by atoms with Gasteiger partial charge >= 0.3 is 0 Å². The maximum absolute atomic E-state index is 5.82. The van der Waals surface area contributed by atoms with Gasteiger partial charge in [0.1, 0.15) is 5.52 Å². The number of hydrogen-bond acceptors (Lipinski definition) is 6. The molecule has 0 saturated carbocycles. The molecule has 0 bridgehead atoms. The van der Waals surface area contributed by atoms with Crippen molar-refractivity contribution in [1.29, 1.82) is 0 Å². The molecule has 5 aromatic rings. The predicted octanol–water partition coefficient (Wildman–Crippen LogP) is 2.54. The number of nitrogens with zero attached hydrogens (tertiary/aromatic N) is 5. The Morgan fingerprint density at radius 3 is 2.76 bits per heavy atom. The van der Waals surface area contributed by atoms with E-state index in [-0.39, 0.29) is 0 Å². The zero-order chi connectivity index (χ0) is 16.8. The van der Waals surface area contributed by atoms with Gasteiger partial charge in [-0.25, -0.2) is 9.97 Å². The van der Waals surface area contributed by atoms with Crippen LogP contribution in [0.1, 0.15) is 0 Å². The first-order chi connectivity index (χ1) is 12.3. The average molecular weight is 328 g/mol. The SMILES string of the molecule is Nc1cncc(-c2ccc3[nH]nc(-c4nc5ccncc5[nH]4)c3n2)c1. The molecule has 120 valence electrons. The lowest BCUT2D eigenvalue weighted by atomic mass is 10.1. The van der Waals surface area contributed by atoms with E-state index in [4.69, 9.17) is 10.7 Å². The molecule has 0 unspecified atom stereocenters. The Kier molecular flexibility index (Phi) is 2.78. The van der Waals surface area contributed by atoms with Crippen LogP contribution in [0.5, 0.6) is 0 Å². The van der Waals surface area contributed by atoms with Gasteiger partial charge in [0.15, 0.2) is 11.5 Å². The van der Waals surface area contributed by atoms with E-state index < -0.39 is 0 Å². The first-order valence-corrected chi connectivity index (χ1v) is 7.64. The summed E-state index contributed by atoms with van der Waals surface area (Å²) in [6.07, 6.45) is 6.78. The smallest absolute Gasteiger partial charge is 0.161 e. The molecule has 0 aliphatic rings. The molecule has 0 aliphatic heterocycles. The van der Waals surface area contributed by atoms with Gasteiger partial charge in [0, 0.05) is 24.2 Å². The van der Waals surface area contributed by atoms with E-state index in [1.807, 2.05) is 24.3 Å². The van der Waals surface area contributed by atoms with Gasteiger partial charge in [-0.2, -0.15) is 5.10 Å². The molecule has 25 heavy (non-hydrogen) atoms. The molecule has 5 rings (SSSR count). The number of aromatic amines is 2. The summed E-state index contributed by atoms with van der Waals surface area (Å²) in [6, 6.07) is 7.53. The van der Waals surface area contributed by atoms with Crippen LogP contribution in [-0.4, -0.2) is 35.1 Å². The lowest BCUT2D eigenvalue weighted by Gasteiger charge is -2.02. The molecule has 0 atom stereocenters. The molecule has 0 aliphatic carbocycles. The molecule has 0 saturated heterocycles. The summed E-state index contributed by atoms with van der Waals surface area (Å²) in [5.41, 5.74) is 11.9. The quantitative estimate of drug-likeness (QED) is 0.458. The highest BCUT2D eigenvalue weighted by atomic mass is 15.1. The Balaban J connectivity index is 1.70. The van der Waals surface area contributed by atoms with Gasteiger partial charge in [0.25, 0.3) is 0 Å². The van der Waals surface area contributed by atoms with Crippen LogP contribution >= 0.6 is 0 Å². The summed E-state index contributed by atoms with van der Waals surface area (Å²) in [6.45, 7) is 0. The van der Waals surface area contributed by atoms with Crippen molar-refractivity contribution < 1.29 is 0 Å². The molecule has 0 spiro atoms. The fraction of sp³-hybridized carbons (Fsp3) is 0. The molecule has 8 nitrogen and oxygen atoms in total. The number of fused-ring (bicyclic) bond motifs is 2. The van der Waals surface area contributed by atoms with Crippen molar-refractivity contribution in [3.8, 4) is 22.8 Å². The van der Waals surface area contributed by atoms with Crippen LogP contribution in [0, 0.1) is 0 Å². The third-order valence-electron chi connectivity index (χ3n) is 3.97. The molecular weight excluding hydrogens is 316 g/mol. The molecule has 0 aromatic carbocycles. The Hall–Kier alpha value is -3.81. The van der Waals surface area contributed by atoms with Crippen molar-refractivity contribution in [2.24, 2.45) is 0 Å². The maximum Gasteiger partial charge on any atom is 0.161 e. The van der Waals surface area contributed by atoms with Crippen molar-refractivity contribution in [1.82, 2.24) is 35.1 Å². The topological polar surface area (TPSA) is 122 Å². The van der Waals surface area contributed by atoms with E-state index in [9.17, 15) is 0 Å². The third kappa shape index (κ3) is 2.19. The van der Waals surface area contributed by atoms with Crippen LogP contribution in [0.2, 0.25) is 0 Å². The van der Waals surface area contributed by atoms with E-state index in [1.54, 1.807) is 24.8 Å². The fourth-order valence-corrected chi connectivity index (χ4v) is 2.79. The number of imidazole rings is 1. The van der Waals surface area contributed by atoms with E-state index >= 15 is 0 Å². The molecule has 4 N–H and O–H groups in total. The Morgan fingerprint density at radius 2 is 1.88 bits per heavy atom. The van der Waals surface area contributed by atoms with Gasteiger partial charge in [-0.15, -0.1) is 0 Å². The number of anilines is 1. The minimum Gasteiger partial charge on any atom is -0.397 e. The number of pyridine rings is 3. The summed E-state index contributed by atoms with van der Waals surface area (Å²) < 4.78 is 0. The number of nitrogens with two attached hydrogens (primary N) is 1. The second-order valence-corrected chi connectivity index (χ2v) is 5.65. The molecule has 0 amide bonds. The average Bonchev–Trinajstić information content (AvgIpc) is 3.24. The van der Waals surface area contributed by atoms with E-state index in [2.05, 4.69) is 30.1 Å². The van der Waals surface area contributed by atoms with Gasteiger partial charge in [0.2, 0.25) is 0 Å². The zero-order valence-corrected chi connectivity index (χ0v) is 12.9.